The summed E-state index contributed by atoms with van der Waals surface area (Å²) in [7, 11) is 0. The molecule has 2 rings (SSSR count). The SMILES string of the molecule is CCC(C)C1=CCc2ncccc2N1CC(C)(C)O. The molecule has 0 aromatic carbocycles. The Hall–Kier alpha value is -1.35. The number of hydrogen-bond acceptors (Lipinski definition) is 3. The Labute approximate surface area is 116 Å². The van der Waals surface area contributed by atoms with Crippen LogP contribution in [0.5, 0.6) is 0 Å². The number of fused-ring (bicyclic) bond motifs is 1. The lowest BCUT2D eigenvalue weighted by Crippen LogP contribution is -2.41. The minimum atomic E-state index is -0.725. The number of allylic oxidation sites excluding steroid dienone is 2. The van der Waals surface area contributed by atoms with Crippen molar-refractivity contribution in [1.82, 2.24) is 4.98 Å². The lowest BCUT2D eigenvalue weighted by molar-refractivity contribution is 0.0882. The highest BCUT2D eigenvalue weighted by Gasteiger charge is 2.27. The standard InChI is InChI=1S/C16H24N2O/c1-5-12(2)14-9-8-13-15(7-6-10-17-13)18(14)11-16(3,4)19/h6-7,9-10,12,19H,5,8,11H2,1-4H3. The summed E-state index contributed by atoms with van der Waals surface area (Å²) in [5, 5.41) is 10.2. The summed E-state index contributed by atoms with van der Waals surface area (Å²) in [6, 6.07) is 4.07. The lowest BCUT2D eigenvalue weighted by Gasteiger charge is -2.38. The zero-order valence-corrected chi connectivity index (χ0v) is 12.3. The van der Waals surface area contributed by atoms with E-state index in [-0.39, 0.29) is 0 Å². The van der Waals surface area contributed by atoms with Gasteiger partial charge in [0.25, 0.3) is 0 Å². The van der Waals surface area contributed by atoms with Gasteiger partial charge in [0.05, 0.1) is 23.5 Å². The fraction of sp³-hybridized carbons (Fsp3) is 0.562. The average Bonchev–Trinajstić information content (AvgIpc) is 2.36. The molecule has 0 radical (unpaired) electrons. The van der Waals surface area contributed by atoms with E-state index in [0.29, 0.717) is 12.5 Å². The van der Waals surface area contributed by atoms with Gasteiger partial charge in [0.2, 0.25) is 0 Å². The quantitative estimate of drug-likeness (QED) is 0.903. The van der Waals surface area contributed by atoms with E-state index in [1.807, 2.05) is 26.1 Å². The van der Waals surface area contributed by atoms with Crippen LogP contribution in [0.3, 0.4) is 0 Å². The molecule has 19 heavy (non-hydrogen) atoms. The summed E-state index contributed by atoms with van der Waals surface area (Å²) in [6.07, 6.45) is 6.08. The summed E-state index contributed by atoms with van der Waals surface area (Å²) >= 11 is 0. The van der Waals surface area contributed by atoms with Gasteiger partial charge in [-0.2, -0.15) is 0 Å². The van der Waals surface area contributed by atoms with Crippen molar-refractivity contribution in [2.45, 2.75) is 46.1 Å². The molecule has 0 fully saturated rings. The molecule has 1 aliphatic rings. The predicted octanol–water partition coefficient (Wildman–Crippen LogP) is 3.15. The maximum atomic E-state index is 10.2. The number of hydrogen-bond donors (Lipinski definition) is 1. The van der Waals surface area contributed by atoms with Crippen molar-refractivity contribution in [1.29, 1.82) is 0 Å². The fourth-order valence-corrected chi connectivity index (χ4v) is 2.52. The molecule has 3 heteroatoms. The summed E-state index contributed by atoms with van der Waals surface area (Å²) in [6.45, 7) is 8.75. The van der Waals surface area contributed by atoms with Crippen molar-refractivity contribution >= 4 is 5.69 Å². The third-order valence-corrected chi connectivity index (χ3v) is 3.64. The molecule has 1 aromatic heterocycles. The molecule has 104 valence electrons. The van der Waals surface area contributed by atoms with Gasteiger partial charge in [-0.15, -0.1) is 0 Å². The van der Waals surface area contributed by atoms with Gasteiger partial charge in [-0.3, -0.25) is 4.98 Å². The zero-order valence-electron chi connectivity index (χ0n) is 12.3. The summed E-state index contributed by atoms with van der Waals surface area (Å²) in [5.41, 5.74) is 2.82. The second-order valence-electron chi connectivity index (χ2n) is 6.01. The molecular formula is C16H24N2O. The van der Waals surface area contributed by atoms with E-state index in [1.54, 1.807) is 0 Å². The van der Waals surface area contributed by atoms with E-state index < -0.39 is 5.60 Å². The van der Waals surface area contributed by atoms with Crippen LogP contribution in [-0.4, -0.2) is 22.2 Å². The number of β-amino-alcohol motifs (C(OH)–C–C–N with tert-alkyl or cyclic N) is 1. The van der Waals surface area contributed by atoms with Crippen LogP contribution in [0.4, 0.5) is 5.69 Å². The molecular weight excluding hydrogens is 236 g/mol. The number of aromatic nitrogens is 1. The maximum absolute atomic E-state index is 10.2. The number of anilines is 1. The second kappa shape index (κ2) is 5.33. The first kappa shape index (κ1) is 14.1. The van der Waals surface area contributed by atoms with Gasteiger partial charge in [-0.25, -0.2) is 0 Å². The monoisotopic (exact) mass is 260 g/mol. The average molecular weight is 260 g/mol. The van der Waals surface area contributed by atoms with Gasteiger partial charge in [0.15, 0.2) is 0 Å². The number of nitrogens with zero attached hydrogens (tertiary/aromatic N) is 2. The minimum Gasteiger partial charge on any atom is -0.389 e. The molecule has 1 atom stereocenters. The van der Waals surface area contributed by atoms with Crippen LogP contribution >= 0.6 is 0 Å². The second-order valence-corrected chi connectivity index (χ2v) is 6.01. The first-order chi connectivity index (χ1) is 8.92. The largest absolute Gasteiger partial charge is 0.389 e. The summed E-state index contributed by atoms with van der Waals surface area (Å²) in [4.78, 5) is 6.69. The molecule has 0 bridgehead atoms. The zero-order chi connectivity index (χ0) is 14.0. The lowest BCUT2D eigenvalue weighted by atomic mass is 9.96. The van der Waals surface area contributed by atoms with Crippen molar-refractivity contribution < 1.29 is 5.11 Å². The maximum Gasteiger partial charge on any atom is 0.0770 e. The van der Waals surface area contributed by atoms with E-state index in [9.17, 15) is 5.11 Å². The molecule has 1 N–H and O–H groups in total. The third kappa shape index (κ3) is 3.16. The van der Waals surface area contributed by atoms with Gasteiger partial charge in [-0.1, -0.05) is 19.9 Å². The molecule has 0 aliphatic carbocycles. The molecule has 0 spiro atoms. The molecule has 1 aliphatic heterocycles. The molecule has 0 amide bonds. The normalized spacial score (nSPS) is 16.9. The van der Waals surface area contributed by atoms with Crippen molar-refractivity contribution in [3.05, 3.63) is 35.8 Å². The molecule has 2 heterocycles. The minimum absolute atomic E-state index is 0.496. The highest BCUT2D eigenvalue weighted by Crippen LogP contribution is 2.33. The Morgan fingerprint density at radius 2 is 2.21 bits per heavy atom. The number of rotatable bonds is 4. The number of pyridine rings is 1. The van der Waals surface area contributed by atoms with Gasteiger partial charge in [0, 0.05) is 18.3 Å². The van der Waals surface area contributed by atoms with Crippen molar-refractivity contribution in [2.75, 3.05) is 11.4 Å². The number of aliphatic hydroxyl groups is 1. The van der Waals surface area contributed by atoms with Crippen LogP contribution in [0.25, 0.3) is 0 Å². The Kier molecular flexibility index (Phi) is 3.95. The Bertz CT molecular complexity index is 474. The Balaban J connectivity index is 2.39. The molecule has 0 saturated carbocycles. The predicted molar refractivity (Wildman–Crippen MR) is 79.1 cm³/mol. The van der Waals surface area contributed by atoms with Crippen molar-refractivity contribution in [2.24, 2.45) is 5.92 Å². The van der Waals surface area contributed by atoms with Crippen LogP contribution in [0.1, 0.15) is 39.8 Å². The molecule has 1 unspecified atom stereocenters. The topological polar surface area (TPSA) is 36.4 Å². The fourth-order valence-electron chi connectivity index (χ4n) is 2.52. The first-order valence-electron chi connectivity index (χ1n) is 7.06. The Morgan fingerprint density at radius 3 is 2.84 bits per heavy atom. The summed E-state index contributed by atoms with van der Waals surface area (Å²) < 4.78 is 0. The van der Waals surface area contributed by atoms with Gasteiger partial charge in [0.1, 0.15) is 0 Å². The third-order valence-electron chi connectivity index (χ3n) is 3.64. The van der Waals surface area contributed by atoms with Crippen LogP contribution in [0.15, 0.2) is 30.1 Å². The molecule has 3 nitrogen and oxygen atoms in total. The van der Waals surface area contributed by atoms with Crippen LogP contribution in [0.2, 0.25) is 0 Å². The molecule has 0 saturated heterocycles. The van der Waals surface area contributed by atoms with Gasteiger partial charge < -0.3 is 10.0 Å². The Morgan fingerprint density at radius 1 is 1.47 bits per heavy atom. The molecule has 1 aromatic rings. The van der Waals surface area contributed by atoms with E-state index in [4.69, 9.17) is 0 Å². The highest BCUT2D eigenvalue weighted by atomic mass is 16.3. The van der Waals surface area contributed by atoms with Crippen molar-refractivity contribution in [3.63, 3.8) is 0 Å². The van der Waals surface area contributed by atoms with Crippen molar-refractivity contribution in [3.8, 4) is 0 Å². The van der Waals surface area contributed by atoms with E-state index in [1.165, 1.54) is 5.70 Å². The summed E-state index contributed by atoms with van der Waals surface area (Å²) in [5.74, 6) is 0.496. The van der Waals surface area contributed by atoms with Crippen LogP contribution in [-0.2, 0) is 6.42 Å². The smallest absolute Gasteiger partial charge is 0.0770 e. The van der Waals surface area contributed by atoms with Gasteiger partial charge >= 0.3 is 0 Å². The van der Waals surface area contributed by atoms with E-state index >= 15 is 0 Å². The first-order valence-corrected chi connectivity index (χ1v) is 7.06. The highest BCUT2D eigenvalue weighted by molar-refractivity contribution is 5.59. The van der Waals surface area contributed by atoms with Gasteiger partial charge in [-0.05, 0) is 38.3 Å². The van der Waals surface area contributed by atoms with Crippen LogP contribution in [0, 0.1) is 5.92 Å². The van der Waals surface area contributed by atoms with E-state index in [2.05, 4.69) is 35.9 Å². The van der Waals surface area contributed by atoms with E-state index in [0.717, 1.165) is 24.2 Å². The van der Waals surface area contributed by atoms with Crippen LogP contribution < -0.4 is 4.90 Å².